The van der Waals surface area contributed by atoms with Crippen LogP contribution in [0, 0.1) is 6.92 Å². The molecule has 1 aliphatic rings. The van der Waals surface area contributed by atoms with Crippen molar-refractivity contribution in [1.82, 2.24) is 20.5 Å². The summed E-state index contributed by atoms with van der Waals surface area (Å²) in [6.45, 7) is 2.28. The number of hydrogen-bond donors (Lipinski definition) is 3. The molecule has 6 nitrogen and oxygen atoms in total. The summed E-state index contributed by atoms with van der Waals surface area (Å²) in [5.41, 5.74) is 9.35. The second kappa shape index (κ2) is 4.96. The van der Waals surface area contributed by atoms with Gasteiger partial charge in [-0.2, -0.15) is 5.10 Å². The number of aromatic amines is 1. The molecule has 0 aliphatic heterocycles. The third-order valence-electron chi connectivity index (χ3n) is 3.41. The van der Waals surface area contributed by atoms with Crippen LogP contribution in [0.15, 0.2) is 18.2 Å². The van der Waals surface area contributed by atoms with Gasteiger partial charge in [-0.15, -0.1) is 0 Å². The predicted molar refractivity (Wildman–Crippen MR) is 75.1 cm³/mol. The number of H-pyrrole nitrogens is 1. The van der Waals surface area contributed by atoms with Gasteiger partial charge in [0.2, 0.25) is 0 Å². The van der Waals surface area contributed by atoms with Crippen LogP contribution in [0.25, 0.3) is 0 Å². The van der Waals surface area contributed by atoms with Crippen molar-refractivity contribution in [2.45, 2.75) is 32.2 Å². The quantitative estimate of drug-likeness (QED) is 0.785. The normalized spacial score (nSPS) is 14.2. The van der Waals surface area contributed by atoms with Crippen LogP contribution in [-0.4, -0.2) is 21.1 Å². The fourth-order valence-corrected chi connectivity index (χ4v) is 2.17. The van der Waals surface area contributed by atoms with E-state index in [9.17, 15) is 4.79 Å². The fraction of sp³-hybridized carbons (Fsp3) is 0.357. The number of aromatic nitrogens is 3. The van der Waals surface area contributed by atoms with E-state index < -0.39 is 0 Å². The van der Waals surface area contributed by atoms with Crippen molar-refractivity contribution in [2.24, 2.45) is 0 Å². The molecular formula is C14H17N5O. The number of carbonyl (C=O) groups excluding carboxylic acids is 1. The number of hydrogen-bond acceptors (Lipinski definition) is 4. The number of nitrogens with one attached hydrogen (secondary N) is 2. The standard InChI is InChI=1S/C14H17N5O/c1-8-3-2-4-10(17-8)7-16-14(20)13-11(15)12(18-19-13)9-5-6-9/h2-4,9H,5-7,15H2,1H3,(H,16,20)(H,18,19). The van der Waals surface area contributed by atoms with Crippen molar-refractivity contribution in [3.05, 3.63) is 41.0 Å². The Morgan fingerprint density at radius 2 is 2.30 bits per heavy atom. The second-order valence-electron chi connectivity index (χ2n) is 5.13. The minimum Gasteiger partial charge on any atom is -0.395 e. The molecule has 3 rings (SSSR count). The summed E-state index contributed by atoms with van der Waals surface area (Å²) in [4.78, 5) is 16.4. The molecule has 0 saturated heterocycles. The van der Waals surface area contributed by atoms with Gasteiger partial charge in [-0.1, -0.05) is 6.07 Å². The van der Waals surface area contributed by atoms with Crippen molar-refractivity contribution in [3.63, 3.8) is 0 Å². The summed E-state index contributed by atoms with van der Waals surface area (Å²) in [5.74, 6) is 0.177. The van der Waals surface area contributed by atoms with E-state index in [0.717, 1.165) is 29.9 Å². The zero-order valence-corrected chi connectivity index (χ0v) is 11.3. The van der Waals surface area contributed by atoms with E-state index in [-0.39, 0.29) is 11.6 Å². The number of nitrogen functional groups attached to an aromatic ring is 1. The topological polar surface area (TPSA) is 96.7 Å². The minimum atomic E-state index is -0.269. The molecule has 0 radical (unpaired) electrons. The molecule has 1 amide bonds. The first kappa shape index (κ1) is 12.7. The monoisotopic (exact) mass is 271 g/mol. The zero-order valence-electron chi connectivity index (χ0n) is 11.3. The van der Waals surface area contributed by atoms with Gasteiger partial charge in [0, 0.05) is 11.6 Å². The van der Waals surface area contributed by atoms with Crippen molar-refractivity contribution in [3.8, 4) is 0 Å². The van der Waals surface area contributed by atoms with Crippen LogP contribution in [0.1, 0.15) is 46.3 Å². The molecule has 4 N–H and O–H groups in total. The zero-order chi connectivity index (χ0) is 14.1. The van der Waals surface area contributed by atoms with E-state index in [1.54, 1.807) is 0 Å². The molecule has 0 aromatic carbocycles. The molecule has 6 heteroatoms. The first-order valence-corrected chi connectivity index (χ1v) is 6.69. The van der Waals surface area contributed by atoms with E-state index in [1.807, 2.05) is 25.1 Å². The number of nitrogens with zero attached hydrogens (tertiary/aromatic N) is 2. The largest absolute Gasteiger partial charge is 0.395 e. The van der Waals surface area contributed by atoms with Gasteiger partial charge in [0.15, 0.2) is 5.69 Å². The first-order chi connectivity index (χ1) is 9.65. The van der Waals surface area contributed by atoms with E-state index in [2.05, 4.69) is 20.5 Å². The third kappa shape index (κ3) is 2.49. The van der Waals surface area contributed by atoms with Crippen molar-refractivity contribution in [1.29, 1.82) is 0 Å². The van der Waals surface area contributed by atoms with Crippen LogP contribution in [0.3, 0.4) is 0 Å². The summed E-state index contributed by atoms with van der Waals surface area (Å²) >= 11 is 0. The van der Waals surface area contributed by atoms with E-state index in [1.165, 1.54) is 0 Å². The van der Waals surface area contributed by atoms with Crippen LogP contribution < -0.4 is 11.1 Å². The number of anilines is 1. The number of carbonyl (C=O) groups is 1. The van der Waals surface area contributed by atoms with Crippen molar-refractivity contribution < 1.29 is 4.79 Å². The van der Waals surface area contributed by atoms with Crippen LogP contribution >= 0.6 is 0 Å². The van der Waals surface area contributed by atoms with Crippen LogP contribution in [0.5, 0.6) is 0 Å². The molecule has 2 aromatic rings. The van der Waals surface area contributed by atoms with Gasteiger partial charge in [-0.3, -0.25) is 14.9 Å². The van der Waals surface area contributed by atoms with Crippen molar-refractivity contribution in [2.75, 3.05) is 5.73 Å². The van der Waals surface area contributed by atoms with Gasteiger partial charge in [-0.05, 0) is 31.9 Å². The number of pyridine rings is 1. The lowest BCUT2D eigenvalue weighted by Gasteiger charge is -2.04. The molecule has 104 valence electrons. The maximum atomic E-state index is 12.1. The highest BCUT2D eigenvalue weighted by atomic mass is 16.1. The molecule has 0 spiro atoms. The third-order valence-corrected chi connectivity index (χ3v) is 3.41. The van der Waals surface area contributed by atoms with Crippen LogP contribution in [-0.2, 0) is 6.54 Å². The lowest BCUT2D eigenvalue weighted by Crippen LogP contribution is -2.24. The Bertz CT molecular complexity index is 645. The summed E-state index contributed by atoms with van der Waals surface area (Å²) in [6.07, 6.45) is 2.22. The van der Waals surface area contributed by atoms with Gasteiger partial charge in [0.1, 0.15) is 0 Å². The second-order valence-corrected chi connectivity index (χ2v) is 5.13. The first-order valence-electron chi connectivity index (χ1n) is 6.69. The maximum absolute atomic E-state index is 12.1. The lowest BCUT2D eigenvalue weighted by molar-refractivity contribution is 0.0946. The number of aryl methyl sites for hydroxylation is 1. The molecule has 2 heterocycles. The smallest absolute Gasteiger partial charge is 0.274 e. The predicted octanol–water partition coefficient (Wildman–Crippen LogP) is 1.50. The number of amides is 1. The Hall–Kier alpha value is -2.37. The van der Waals surface area contributed by atoms with Gasteiger partial charge in [0.05, 0.1) is 23.6 Å². The van der Waals surface area contributed by atoms with Gasteiger partial charge < -0.3 is 11.1 Å². The van der Waals surface area contributed by atoms with Gasteiger partial charge in [0.25, 0.3) is 5.91 Å². The Labute approximate surface area is 116 Å². The SMILES string of the molecule is Cc1cccc(CNC(=O)c2n[nH]c(C3CC3)c2N)n1. The minimum absolute atomic E-state index is 0.269. The Morgan fingerprint density at radius 3 is 3.00 bits per heavy atom. The van der Waals surface area contributed by atoms with Gasteiger partial charge in [-0.25, -0.2) is 0 Å². The summed E-state index contributed by atoms with van der Waals surface area (Å²) in [6, 6.07) is 5.70. The molecule has 0 bridgehead atoms. The molecule has 0 atom stereocenters. The van der Waals surface area contributed by atoms with E-state index in [4.69, 9.17) is 5.73 Å². The molecule has 20 heavy (non-hydrogen) atoms. The number of nitrogens with two attached hydrogens (primary N) is 1. The van der Waals surface area contributed by atoms with Crippen molar-refractivity contribution >= 4 is 11.6 Å². The highest BCUT2D eigenvalue weighted by Crippen LogP contribution is 2.42. The van der Waals surface area contributed by atoms with Gasteiger partial charge >= 0.3 is 0 Å². The van der Waals surface area contributed by atoms with E-state index in [0.29, 0.717) is 18.2 Å². The lowest BCUT2D eigenvalue weighted by atomic mass is 10.2. The van der Waals surface area contributed by atoms with E-state index >= 15 is 0 Å². The molecular weight excluding hydrogens is 254 g/mol. The maximum Gasteiger partial charge on any atom is 0.274 e. The Balaban J connectivity index is 1.67. The Morgan fingerprint density at radius 1 is 1.50 bits per heavy atom. The highest BCUT2D eigenvalue weighted by molar-refractivity contribution is 5.97. The average Bonchev–Trinajstić information content (AvgIpc) is 3.19. The summed E-state index contributed by atoms with van der Waals surface area (Å²) in [5, 5.41) is 9.69. The Kier molecular flexibility index (Phi) is 3.14. The summed E-state index contributed by atoms with van der Waals surface area (Å²) < 4.78 is 0. The highest BCUT2D eigenvalue weighted by Gasteiger charge is 2.30. The molecule has 2 aromatic heterocycles. The number of rotatable bonds is 4. The molecule has 1 saturated carbocycles. The molecule has 0 unspecified atom stereocenters. The summed E-state index contributed by atoms with van der Waals surface area (Å²) in [7, 11) is 0. The molecule has 1 fully saturated rings. The average molecular weight is 271 g/mol. The van der Waals surface area contributed by atoms with Crippen LogP contribution in [0.2, 0.25) is 0 Å². The fourth-order valence-electron chi connectivity index (χ4n) is 2.17. The van der Waals surface area contributed by atoms with Crippen LogP contribution in [0.4, 0.5) is 5.69 Å². The molecule has 1 aliphatic carbocycles.